The molecule has 0 radical (unpaired) electrons. The highest BCUT2D eigenvalue weighted by molar-refractivity contribution is 7.89. The molecule has 92 valence electrons. The van der Waals surface area contributed by atoms with Gasteiger partial charge in [-0.05, 0) is 20.3 Å². The highest BCUT2D eigenvalue weighted by Gasteiger charge is 2.32. The van der Waals surface area contributed by atoms with E-state index in [1.54, 1.807) is 4.31 Å². The molecule has 0 amide bonds. The number of rotatable bonds is 3. The van der Waals surface area contributed by atoms with Crippen LogP contribution in [0.1, 0.15) is 27.2 Å². The first-order valence-electron chi connectivity index (χ1n) is 5.22. The molecule has 6 heteroatoms. The first-order chi connectivity index (χ1) is 6.49. The number of nitrogens with one attached hydrogen (secondary N) is 1. The van der Waals surface area contributed by atoms with Crippen LogP contribution in [0.3, 0.4) is 0 Å². The highest BCUT2D eigenvalue weighted by atomic mass is 35.5. The maximum absolute atomic E-state index is 11.8. The summed E-state index contributed by atoms with van der Waals surface area (Å²) in [4.78, 5) is 0. The molecular weight excluding hydrogens is 236 g/mol. The lowest BCUT2D eigenvalue weighted by molar-refractivity contribution is 0.233. The van der Waals surface area contributed by atoms with Crippen molar-refractivity contribution < 1.29 is 8.42 Å². The van der Waals surface area contributed by atoms with Gasteiger partial charge in [-0.25, -0.2) is 8.42 Å². The molecule has 0 bridgehead atoms. The average Bonchev–Trinajstić information content (AvgIpc) is 2.09. The van der Waals surface area contributed by atoms with Crippen molar-refractivity contribution in [3.8, 4) is 0 Å². The molecule has 4 nitrogen and oxygen atoms in total. The maximum Gasteiger partial charge on any atom is 0.214 e. The van der Waals surface area contributed by atoms with Crippen LogP contribution in [0.5, 0.6) is 0 Å². The summed E-state index contributed by atoms with van der Waals surface area (Å²) in [7, 11) is -3.02. The highest BCUT2D eigenvalue weighted by Crippen LogP contribution is 2.14. The van der Waals surface area contributed by atoms with E-state index >= 15 is 0 Å². The zero-order valence-electron chi connectivity index (χ0n) is 9.56. The zero-order chi connectivity index (χ0) is 10.8. The number of sulfonamides is 1. The molecule has 1 aliphatic rings. The first-order valence-corrected chi connectivity index (χ1v) is 6.83. The molecule has 1 heterocycles. The number of halogens is 1. The third-order valence-corrected chi connectivity index (χ3v) is 4.95. The van der Waals surface area contributed by atoms with E-state index in [4.69, 9.17) is 0 Å². The summed E-state index contributed by atoms with van der Waals surface area (Å²) in [5.74, 6) is 0.268. The monoisotopic (exact) mass is 256 g/mol. The Morgan fingerprint density at radius 1 is 1.40 bits per heavy atom. The summed E-state index contributed by atoms with van der Waals surface area (Å²) in [5, 5.41) is 3.27. The van der Waals surface area contributed by atoms with E-state index in [1.165, 1.54) is 0 Å². The van der Waals surface area contributed by atoms with E-state index in [-0.39, 0.29) is 30.2 Å². The molecule has 0 aromatic rings. The normalized spacial score (nSPS) is 28.5. The van der Waals surface area contributed by atoms with Crippen LogP contribution < -0.4 is 5.32 Å². The Balaban J connectivity index is 0.00000196. The van der Waals surface area contributed by atoms with Gasteiger partial charge in [-0.3, -0.25) is 0 Å². The minimum atomic E-state index is -3.02. The molecule has 1 fully saturated rings. The molecule has 1 saturated heterocycles. The van der Waals surface area contributed by atoms with Gasteiger partial charge in [-0.2, -0.15) is 4.31 Å². The predicted octanol–water partition coefficient (Wildman–Crippen LogP) is 0.830. The van der Waals surface area contributed by atoms with Crippen molar-refractivity contribution in [3.05, 3.63) is 0 Å². The lowest BCUT2D eigenvalue weighted by Gasteiger charge is -2.37. The zero-order valence-corrected chi connectivity index (χ0v) is 11.2. The fourth-order valence-electron chi connectivity index (χ4n) is 1.79. The smallest absolute Gasteiger partial charge is 0.214 e. The second kappa shape index (κ2) is 6.03. The molecule has 0 aromatic carbocycles. The van der Waals surface area contributed by atoms with Gasteiger partial charge in [0.15, 0.2) is 0 Å². The van der Waals surface area contributed by atoms with Gasteiger partial charge in [-0.1, -0.05) is 6.92 Å². The van der Waals surface area contributed by atoms with Crippen molar-refractivity contribution >= 4 is 22.4 Å². The van der Waals surface area contributed by atoms with Gasteiger partial charge >= 0.3 is 0 Å². The summed E-state index contributed by atoms with van der Waals surface area (Å²) >= 11 is 0. The van der Waals surface area contributed by atoms with Crippen molar-refractivity contribution in [2.24, 2.45) is 0 Å². The van der Waals surface area contributed by atoms with E-state index in [0.29, 0.717) is 13.0 Å². The minimum absolute atomic E-state index is 0. The van der Waals surface area contributed by atoms with E-state index < -0.39 is 10.0 Å². The lowest BCUT2D eigenvalue weighted by atomic mass is 10.1. The van der Waals surface area contributed by atoms with Crippen molar-refractivity contribution in [1.82, 2.24) is 9.62 Å². The topological polar surface area (TPSA) is 49.4 Å². The van der Waals surface area contributed by atoms with Crippen LogP contribution in [-0.2, 0) is 10.0 Å². The van der Waals surface area contributed by atoms with Crippen molar-refractivity contribution in [2.45, 2.75) is 39.3 Å². The van der Waals surface area contributed by atoms with Gasteiger partial charge in [0.1, 0.15) is 0 Å². The fourth-order valence-corrected chi connectivity index (χ4v) is 3.60. The van der Waals surface area contributed by atoms with Gasteiger partial charge in [0, 0.05) is 25.2 Å². The Morgan fingerprint density at radius 3 is 2.53 bits per heavy atom. The van der Waals surface area contributed by atoms with Crippen LogP contribution >= 0.6 is 12.4 Å². The molecule has 1 rings (SSSR count). The van der Waals surface area contributed by atoms with Gasteiger partial charge < -0.3 is 5.32 Å². The van der Waals surface area contributed by atoms with Gasteiger partial charge in [-0.15, -0.1) is 12.4 Å². The van der Waals surface area contributed by atoms with E-state index in [2.05, 4.69) is 5.32 Å². The molecule has 0 aliphatic carbocycles. The number of piperazine rings is 1. The standard InChI is InChI=1S/C9H20N2O2S.ClH/c1-4-7-14(12,13)11-6-5-10-8(2)9(11)3;/h8-10H,4-7H2,1-3H3;1H. The molecule has 0 aromatic heterocycles. The molecule has 0 saturated carbocycles. The van der Waals surface area contributed by atoms with Crippen molar-refractivity contribution in [1.29, 1.82) is 0 Å². The Kier molecular flexibility index (Phi) is 6.10. The van der Waals surface area contributed by atoms with Crippen LogP contribution in [-0.4, -0.2) is 43.6 Å². The third-order valence-electron chi connectivity index (χ3n) is 2.80. The van der Waals surface area contributed by atoms with Gasteiger partial charge in [0.2, 0.25) is 10.0 Å². The van der Waals surface area contributed by atoms with Gasteiger partial charge in [0.05, 0.1) is 5.75 Å². The van der Waals surface area contributed by atoms with Crippen LogP contribution in [0.25, 0.3) is 0 Å². The third kappa shape index (κ3) is 3.59. The Morgan fingerprint density at radius 2 is 2.00 bits per heavy atom. The predicted molar refractivity (Wildman–Crippen MR) is 65.0 cm³/mol. The number of nitrogens with zero attached hydrogens (tertiary/aromatic N) is 1. The average molecular weight is 257 g/mol. The molecule has 2 atom stereocenters. The largest absolute Gasteiger partial charge is 0.311 e. The van der Waals surface area contributed by atoms with Crippen molar-refractivity contribution in [2.75, 3.05) is 18.8 Å². The number of hydrogen-bond donors (Lipinski definition) is 1. The van der Waals surface area contributed by atoms with Crippen LogP contribution in [0.2, 0.25) is 0 Å². The Hall–Kier alpha value is 0.160. The van der Waals surface area contributed by atoms with E-state index in [9.17, 15) is 8.42 Å². The fraction of sp³-hybridized carbons (Fsp3) is 1.00. The SMILES string of the molecule is CCCS(=O)(=O)N1CCNC(C)C1C.Cl. The van der Waals surface area contributed by atoms with E-state index in [1.807, 2.05) is 20.8 Å². The Bertz CT molecular complexity index is 282. The summed E-state index contributed by atoms with van der Waals surface area (Å²) in [6.45, 7) is 7.25. The van der Waals surface area contributed by atoms with Crippen LogP contribution in [0.15, 0.2) is 0 Å². The molecule has 15 heavy (non-hydrogen) atoms. The van der Waals surface area contributed by atoms with Gasteiger partial charge in [0.25, 0.3) is 0 Å². The first kappa shape index (κ1) is 15.2. The summed E-state index contributed by atoms with van der Waals surface area (Å²) in [6, 6.07) is 0.315. The Labute approximate surface area is 98.9 Å². The van der Waals surface area contributed by atoms with Crippen LogP contribution in [0.4, 0.5) is 0 Å². The lowest BCUT2D eigenvalue weighted by Crippen LogP contribution is -2.57. The molecule has 0 spiro atoms. The molecule has 2 unspecified atom stereocenters. The summed E-state index contributed by atoms with van der Waals surface area (Å²) < 4.78 is 25.3. The number of hydrogen-bond acceptors (Lipinski definition) is 3. The second-order valence-corrected chi connectivity index (χ2v) is 5.95. The van der Waals surface area contributed by atoms with Crippen molar-refractivity contribution in [3.63, 3.8) is 0 Å². The molecule has 1 aliphatic heterocycles. The maximum atomic E-state index is 11.8. The summed E-state index contributed by atoms with van der Waals surface area (Å²) in [6.07, 6.45) is 0.688. The van der Waals surface area contributed by atoms with E-state index in [0.717, 1.165) is 6.54 Å². The molecular formula is C9H21ClN2O2S. The summed E-state index contributed by atoms with van der Waals surface area (Å²) in [5.41, 5.74) is 0. The second-order valence-electron chi connectivity index (χ2n) is 3.91. The minimum Gasteiger partial charge on any atom is -0.311 e. The molecule has 1 N–H and O–H groups in total. The van der Waals surface area contributed by atoms with Crippen LogP contribution in [0, 0.1) is 0 Å². The quantitative estimate of drug-likeness (QED) is 0.814.